The summed E-state index contributed by atoms with van der Waals surface area (Å²) >= 11 is 0. The molecule has 1 aromatic carbocycles. The highest BCUT2D eigenvalue weighted by molar-refractivity contribution is 5.86. The van der Waals surface area contributed by atoms with Crippen LogP contribution in [-0.2, 0) is 11.3 Å². The van der Waals surface area contributed by atoms with Crippen molar-refractivity contribution in [2.75, 3.05) is 0 Å². The van der Waals surface area contributed by atoms with Crippen molar-refractivity contribution < 1.29 is 13.9 Å². The highest BCUT2D eigenvalue weighted by atomic mass is 16.5. The number of rotatable bonds is 3. The van der Waals surface area contributed by atoms with Crippen molar-refractivity contribution in [3.63, 3.8) is 0 Å². The molecule has 5 heteroatoms. The van der Waals surface area contributed by atoms with Gasteiger partial charge in [-0.25, -0.2) is 4.79 Å². The predicted molar refractivity (Wildman–Crippen MR) is 77.1 cm³/mol. The van der Waals surface area contributed by atoms with Gasteiger partial charge in [0.2, 0.25) is 5.76 Å². The van der Waals surface area contributed by atoms with Crippen LogP contribution < -0.4 is 5.56 Å². The largest absolute Gasteiger partial charge is 0.455 e. The van der Waals surface area contributed by atoms with E-state index >= 15 is 0 Å². The molecule has 0 unspecified atom stereocenters. The second kappa shape index (κ2) is 5.28. The Morgan fingerprint density at radius 2 is 2.05 bits per heavy atom. The lowest BCUT2D eigenvalue weighted by Crippen LogP contribution is -2.15. The lowest BCUT2D eigenvalue weighted by atomic mass is 10.1. The zero-order valence-electron chi connectivity index (χ0n) is 11.4. The number of pyridine rings is 1. The van der Waals surface area contributed by atoms with Crippen molar-refractivity contribution in [2.45, 2.75) is 13.5 Å². The Kier molecular flexibility index (Phi) is 3.31. The first-order valence-electron chi connectivity index (χ1n) is 6.48. The number of nitrogens with one attached hydrogen (secondary N) is 1. The van der Waals surface area contributed by atoms with Gasteiger partial charge in [0, 0.05) is 5.52 Å². The molecular weight excluding hydrogens is 270 g/mol. The van der Waals surface area contributed by atoms with Gasteiger partial charge in [-0.1, -0.05) is 18.2 Å². The van der Waals surface area contributed by atoms with Gasteiger partial charge in [0.1, 0.15) is 12.4 Å². The quantitative estimate of drug-likeness (QED) is 0.750. The van der Waals surface area contributed by atoms with Crippen LogP contribution in [0.3, 0.4) is 0 Å². The van der Waals surface area contributed by atoms with Crippen LogP contribution in [0.15, 0.2) is 51.7 Å². The maximum atomic E-state index is 11.9. The number of aryl methyl sites for hydroxylation is 1. The molecule has 0 spiro atoms. The number of aromatic nitrogens is 1. The predicted octanol–water partition coefficient (Wildman–Crippen LogP) is 2.79. The van der Waals surface area contributed by atoms with E-state index in [1.54, 1.807) is 25.1 Å². The monoisotopic (exact) mass is 283 g/mol. The van der Waals surface area contributed by atoms with Gasteiger partial charge in [-0.2, -0.15) is 0 Å². The molecule has 0 fully saturated rings. The molecule has 0 aliphatic rings. The summed E-state index contributed by atoms with van der Waals surface area (Å²) in [4.78, 5) is 26.4. The maximum absolute atomic E-state index is 11.9. The van der Waals surface area contributed by atoms with E-state index in [-0.39, 0.29) is 17.9 Å². The Bertz CT molecular complexity index is 860. The third-order valence-corrected chi connectivity index (χ3v) is 3.13. The Morgan fingerprint density at radius 1 is 1.24 bits per heavy atom. The molecule has 3 rings (SSSR count). The van der Waals surface area contributed by atoms with Crippen molar-refractivity contribution in [3.05, 3.63) is 69.9 Å². The summed E-state index contributed by atoms with van der Waals surface area (Å²) in [6.07, 6.45) is 0. The van der Waals surface area contributed by atoms with Crippen LogP contribution in [0.4, 0.5) is 0 Å². The number of H-pyrrole nitrogens is 1. The normalized spacial score (nSPS) is 10.7. The fourth-order valence-electron chi connectivity index (χ4n) is 2.06. The summed E-state index contributed by atoms with van der Waals surface area (Å²) < 4.78 is 10.3. The zero-order chi connectivity index (χ0) is 14.8. The second-order valence-electron chi connectivity index (χ2n) is 4.70. The van der Waals surface area contributed by atoms with Gasteiger partial charge in [-0.3, -0.25) is 4.79 Å². The highest BCUT2D eigenvalue weighted by Gasteiger charge is 2.13. The summed E-state index contributed by atoms with van der Waals surface area (Å²) in [6.45, 7) is 1.64. The number of para-hydroxylation sites is 1. The van der Waals surface area contributed by atoms with E-state index < -0.39 is 5.97 Å². The summed E-state index contributed by atoms with van der Waals surface area (Å²) in [5, 5.41) is 0.886. The molecule has 106 valence electrons. The first kappa shape index (κ1) is 13.2. The minimum atomic E-state index is -0.587. The van der Waals surface area contributed by atoms with Gasteiger partial charge in [0.05, 0.1) is 5.56 Å². The lowest BCUT2D eigenvalue weighted by molar-refractivity contribution is 0.0433. The second-order valence-corrected chi connectivity index (χ2v) is 4.70. The van der Waals surface area contributed by atoms with Gasteiger partial charge in [0.25, 0.3) is 5.56 Å². The average Bonchev–Trinajstić information content (AvgIpc) is 2.91. The standard InChI is InChI=1S/C16H13NO4/c1-10-6-7-14(21-10)16(19)20-9-12-8-11-4-2-3-5-13(11)17-15(12)18/h2-8H,9H2,1H3,(H,17,18). The topological polar surface area (TPSA) is 72.3 Å². The van der Waals surface area contributed by atoms with Gasteiger partial charge in [-0.15, -0.1) is 0 Å². The number of hydrogen-bond donors (Lipinski definition) is 1. The Morgan fingerprint density at radius 3 is 2.81 bits per heavy atom. The van der Waals surface area contributed by atoms with Gasteiger partial charge in [-0.05, 0) is 36.6 Å². The molecule has 0 bridgehead atoms. The van der Waals surface area contributed by atoms with E-state index in [2.05, 4.69) is 4.98 Å². The molecule has 0 atom stereocenters. The van der Waals surface area contributed by atoms with E-state index in [4.69, 9.17) is 9.15 Å². The molecule has 1 N–H and O–H groups in total. The van der Waals surface area contributed by atoms with E-state index in [1.165, 1.54) is 0 Å². The lowest BCUT2D eigenvalue weighted by Gasteiger charge is -2.04. The summed E-state index contributed by atoms with van der Waals surface area (Å²) in [7, 11) is 0. The summed E-state index contributed by atoms with van der Waals surface area (Å²) in [6, 6.07) is 12.4. The van der Waals surface area contributed by atoms with E-state index in [0.717, 1.165) is 10.9 Å². The maximum Gasteiger partial charge on any atom is 0.374 e. The number of esters is 1. The molecule has 0 saturated carbocycles. The molecule has 2 heterocycles. The third kappa shape index (κ3) is 2.72. The Balaban J connectivity index is 1.80. The third-order valence-electron chi connectivity index (χ3n) is 3.13. The number of hydrogen-bond acceptors (Lipinski definition) is 4. The highest BCUT2D eigenvalue weighted by Crippen LogP contribution is 2.12. The SMILES string of the molecule is Cc1ccc(C(=O)OCc2cc3ccccc3[nH]c2=O)o1. The van der Waals surface area contributed by atoms with Crippen LogP contribution in [0.5, 0.6) is 0 Å². The fourth-order valence-corrected chi connectivity index (χ4v) is 2.06. The zero-order valence-corrected chi connectivity index (χ0v) is 11.4. The van der Waals surface area contributed by atoms with Gasteiger partial charge in [0.15, 0.2) is 0 Å². The molecule has 0 radical (unpaired) electrons. The first-order valence-corrected chi connectivity index (χ1v) is 6.48. The molecule has 0 aliphatic heterocycles. The fraction of sp³-hybridized carbons (Fsp3) is 0.125. The van der Waals surface area contributed by atoms with Crippen LogP contribution in [0.2, 0.25) is 0 Å². The van der Waals surface area contributed by atoms with E-state index in [0.29, 0.717) is 11.3 Å². The van der Waals surface area contributed by atoms with Crippen molar-refractivity contribution >= 4 is 16.9 Å². The number of carbonyl (C=O) groups excluding carboxylic acids is 1. The van der Waals surface area contributed by atoms with Crippen LogP contribution >= 0.6 is 0 Å². The minimum absolute atomic E-state index is 0.0985. The van der Waals surface area contributed by atoms with Crippen LogP contribution in [0.25, 0.3) is 10.9 Å². The number of carbonyl (C=O) groups is 1. The molecule has 21 heavy (non-hydrogen) atoms. The molecule has 5 nitrogen and oxygen atoms in total. The number of aromatic amines is 1. The van der Waals surface area contributed by atoms with Crippen molar-refractivity contribution in [1.29, 1.82) is 0 Å². The summed E-state index contributed by atoms with van der Waals surface area (Å²) in [5.74, 6) is 0.172. The molecule has 3 aromatic rings. The first-order chi connectivity index (χ1) is 10.1. The molecular formula is C16H13NO4. The van der Waals surface area contributed by atoms with Crippen LogP contribution in [0.1, 0.15) is 21.9 Å². The van der Waals surface area contributed by atoms with Crippen molar-refractivity contribution in [1.82, 2.24) is 4.98 Å². The van der Waals surface area contributed by atoms with Crippen LogP contribution in [-0.4, -0.2) is 11.0 Å². The molecule has 0 amide bonds. The Labute approximate surface area is 120 Å². The average molecular weight is 283 g/mol. The van der Waals surface area contributed by atoms with Crippen molar-refractivity contribution in [3.8, 4) is 0 Å². The summed E-state index contributed by atoms with van der Waals surface area (Å²) in [5.41, 5.74) is 0.877. The smallest absolute Gasteiger partial charge is 0.374 e. The van der Waals surface area contributed by atoms with Crippen LogP contribution in [0, 0.1) is 6.92 Å². The van der Waals surface area contributed by atoms with Crippen molar-refractivity contribution in [2.24, 2.45) is 0 Å². The molecule has 0 aliphatic carbocycles. The van der Waals surface area contributed by atoms with Gasteiger partial charge < -0.3 is 14.1 Å². The van der Waals surface area contributed by atoms with Gasteiger partial charge >= 0.3 is 5.97 Å². The number of fused-ring (bicyclic) bond motifs is 1. The molecule has 0 saturated heterocycles. The number of furan rings is 1. The number of ether oxygens (including phenoxy) is 1. The Hall–Kier alpha value is -2.82. The van der Waals surface area contributed by atoms with E-state index in [1.807, 2.05) is 24.3 Å². The van der Waals surface area contributed by atoms with E-state index in [9.17, 15) is 9.59 Å². The minimum Gasteiger partial charge on any atom is -0.455 e. The molecule has 2 aromatic heterocycles. The number of benzene rings is 1.